The van der Waals surface area contributed by atoms with Gasteiger partial charge in [0.1, 0.15) is 4.90 Å². The first-order valence-corrected chi connectivity index (χ1v) is 12.3. The van der Waals surface area contributed by atoms with E-state index < -0.39 is 10.0 Å². The number of halogens is 2. The van der Waals surface area contributed by atoms with Crippen molar-refractivity contribution in [1.29, 1.82) is 0 Å². The molecule has 1 saturated heterocycles. The van der Waals surface area contributed by atoms with Crippen molar-refractivity contribution in [2.24, 2.45) is 5.92 Å². The molecule has 0 bridgehead atoms. The Balaban J connectivity index is 1.52. The molecule has 2 aromatic carbocycles. The standard InChI is InChI=1S/C22H26Cl2N2O3S/c1-16(10-11-17-6-3-2-4-7-17)25-22(27)18-12-14-26(15-13-18)30(28,29)20-9-5-8-19(23)21(20)24/h2-9,16,18H,10-15H2,1H3,(H,25,27)/t16-/m0/s1. The van der Waals surface area contributed by atoms with Crippen LogP contribution in [-0.4, -0.2) is 37.8 Å². The Labute approximate surface area is 188 Å². The Bertz CT molecular complexity index is 975. The van der Waals surface area contributed by atoms with Crippen LogP contribution >= 0.6 is 23.2 Å². The highest BCUT2D eigenvalue weighted by Gasteiger charge is 2.33. The topological polar surface area (TPSA) is 66.5 Å². The molecule has 1 heterocycles. The van der Waals surface area contributed by atoms with E-state index in [9.17, 15) is 13.2 Å². The van der Waals surface area contributed by atoms with E-state index in [1.54, 1.807) is 12.1 Å². The third-order valence-corrected chi connectivity index (χ3v) is 8.33. The molecule has 1 aliphatic heterocycles. The molecule has 5 nitrogen and oxygen atoms in total. The summed E-state index contributed by atoms with van der Waals surface area (Å²) in [5.41, 5.74) is 1.25. The lowest BCUT2D eigenvalue weighted by Crippen LogP contribution is -2.44. The summed E-state index contributed by atoms with van der Waals surface area (Å²) in [6.07, 6.45) is 2.72. The predicted octanol–water partition coefficient (Wildman–Crippen LogP) is 4.53. The number of benzene rings is 2. The normalized spacial score (nSPS) is 16.9. The number of amides is 1. The Morgan fingerprint density at radius 2 is 1.77 bits per heavy atom. The number of piperidine rings is 1. The van der Waals surface area contributed by atoms with Gasteiger partial charge in [-0.15, -0.1) is 0 Å². The average molecular weight is 469 g/mol. The van der Waals surface area contributed by atoms with Crippen LogP contribution in [0.2, 0.25) is 10.0 Å². The number of nitrogens with zero attached hydrogens (tertiary/aromatic N) is 1. The van der Waals surface area contributed by atoms with Crippen LogP contribution in [0.5, 0.6) is 0 Å². The number of sulfonamides is 1. The van der Waals surface area contributed by atoms with Crippen LogP contribution in [0.25, 0.3) is 0 Å². The summed E-state index contributed by atoms with van der Waals surface area (Å²) in [7, 11) is -3.74. The second-order valence-corrected chi connectivity index (χ2v) is 10.4. The van der Waals surface area contributed by atoms with Crippen molar-refractivity contribution in [2.75, 3.05) is 13.1 Å². The van der Waals surface area contributed by atoms with E-state index in [2.05, 4.69) is 17.4 Å². The summed E-state index contributed by atoms with van der Waals surface area (Å²) in [5.74, 6) is -0.196. The first-order chi connectivity index (χ1) is 14.3. The van der Waals surface area contributed by atoms with E-state index in [1.807, 2.05) is 25.1 Å². The molecule has 0 spiro atoms. The summed E-state index contributed by atoms with van der Waals surface area (Å²) in [4.78, 5) is 12.6. The lowest BCUT2D eigenvalue weighted by molar-refractivity contribution is -0.126. The van der Waals surface area contributed by atoms with E-state index in [1.165, 1.54) is 15.9 Å². The van der Waals surface area contributed by atoms with Gasteiger partial charge in [0.25, 0.3) is 0 Å². The van der Waals surface area contributed by atoms with Gasteiger partial charge in [-0.3, -0.25) is 4.79 Å². The van der Waals surface area contributed by atoms with Gasteiger partial charge < -0.3 is 5.32 Å². The smallest absolute Gasteiger partial charge is 0.244 e. The van der Waals surface area contributed by atoms with Crippen LogP contribution in [0, 0.1) is 5.92 Å². The van der Waals surface area contributed by atoms with Crippen LogP contribution in [0.3, 0.4) is 0 Å². The Hall–Kier alpha value is -1.60. The summed E-state index contributed by atoms with van der Waals surface area (Å²) >= 11 is 12.1. The average Bonchev–Trinajstić information content (AvgIpc) is 2.75. The minimum absolute atomic E-state index is 0.00611. The van der Waals surface area contributed by atoms with Crippen molar-refractivity contribution >= 4 is 39.1 Å². The van der Waals surface area contributed by atoms with Crippen LogP contribution in [0.1, 0.15) is 31.7 Å². The highest BCUT2D eigenvalue weighted by molar-refractivity contribution is 7.89. The second kappa shape index (κ2) is 10.1. The van der Waals surface area contributed by atoms with Crippen molar-refractivity contribution in [1.82, 2.24) is 9.62 Å². The lowest BCUT2D eigenvalue weighted by Gasteiger charge is -2.31. The maximum atomic E-state index is 12.9. The maximum absolute atomic E-state index is 12.9. The molecule has 0 aliphatic carbocycles. The molecule has 1 fully saturated rings. The van der Waals surface area contributed by atoms with Crippen molar-refractivity contribution < 1.29 is 13.2 Å². The second-order valence-electron chi connectivity index (χ2n) is 7.66. The number of carbonyl (C=O) groups is 1. The number of nitrogens with one attached hydrogen (secondary N) is 1. The van der Waals surface area contributed by atoms with Crippen molar-refractivity contribution in [3.05, 3.63) is 64.1 Å². The third kappa shape index (κ3) is 5.55. The number of carbonyl (C=O) groups excluding carboxylic acids is 1. The SMILES string of the molecule is C[C@@H](CCc1ccccc1)NC(=O)C1CCN(S(=O)(=O)c2cccc(Cl)c2Cl)CC1. The summed E-state index contributed by atoms with van der Waals surface area (Å²) in [5, 5.41) is 3.31. The van der Waals surface area contributed by atoms with Gasteiger partial charge in [0.15, 0.2) is 0 Å². The molecule has 1 amide bonds. The first-order valence-electron chi connectivity index (χ1n) is 10.1. The highest BCUT2D eigenvalue weighted by atomic mass is 35.5. The fourth-order valence-corrected chi connectivity index (χ4v) is 5.85. The van der Waals surface area contributed by atoms with E-state index in [4.69, 9.17) is 23.2 Å². The molecule has 1 N–H and O–H groups in total. The molecular formula is C22H26Cl2N2O3S. The molecule has 1 aliphatic rings. The van der Waals surface area contributed by atoms with E-state index >= 15 is 0 Å². The van der Waals surface area contributed by atoms with Gasteiger partial charge in [-0.05, 0) is 50.3 Å². The minimum Gasteiger partial charge on any atom is -0.353 e. The summed E-state index contributed by atoms with van der Waals surface area (Å²) in [6.45, 7) is 2.56. The zero-order valence-corrected chi connectivity index (χ0v) is 19.2. The zero-order valence-electron chi connectivity index (χ0n) is 16.9. The molecule has 1 atom stereocenters. The molecule has 2 aromatic rings. The van der Waals surface area contributed by atoms with Gasteiger partial charge in [0.05, 0.1) is 10.0 Å². The van der Waals surface area contributed by atoms with Crippen molar-refractivity contribution in [3.8, 4) is 0 Å². The number of rotatable bonds is 7. The Morgan fingerprint density at radius 3 is 2.43 bits per heavy atom. The highest BCUT2D eigenvalue weighted by Crippen LogP contribution is 2.32. The molecule has 3 rings (SSSR count). The van der Waals surface area contributed by atoms with Gasteiger partial charge >= 0.3 is 0 Å². The minimum atomic E-state index is -3.74. The van der Waals surface area contributed by atoms with Crippen LogP contribution in [-0.2, 0) is 21.2 Å². The van der Waals surface area contributed by atoms with Gasteiger partial charge in [0, 0.05) is 25.0 Å². The molecule has 0 saturated carbocycles. The molecule has 0 unspecified atom stereocenters. The third-order valence-electron chi connectivity index (χ3n) is 5.46. The van der Waals surface area contributed by atoms with Crippen LogP contribution < -0.4 is 5.32 Å². The quantitative estimate of drug-likeness (QED) is 0.648. The molecule has 162 valence electrons. The molecule has 0 aromatic heterocycles. The summed E-state index contributed by atoms with van der Waals surface area (Å²) < 4.78 is 27.2. The van der Waals surface area contributed by atoms with Gasteiger partial charge in [-0.1, -0.05) is 59.6 Å². The fraction of sp³-hybridized carbons (Fsp3) is 0.409. The van der Waals surface area contributed by atoms with E-state index in [0.29, 0.717) is 12.8 Å². The largest absolute Gasteiger partial charge is 0.353 e. The van der Waals surface area contributed by atoms with E-state index in [0.717, 1.165) is 12.8 Å². The molecule has 0 radical (unpaired) electrons. The zero-order chi connectivity index (χ0) is 21.7. The monoisotopic (exact) mass is 468 g/mol. The lowest BCUT2D eigenvalue weighted by atomic mass is 9.96. The predicted molar refractivity (Wildman–Crippen MR) is 120 cm³/mol. The van der Waals surface area contributed by atoms with Crippen LogP contribution in [0.4, 0.5) is 0 Å². The van der Waals surface area contributed by atoms with Crippen molar-refractivity contribution in [3.63, 3.8) is 0 Å². The van der Waals surface area contributed by atoms with Gasteiger partial charge in [0.2, 0.25) is 15.9 Å². The number of aryl methyl sites for hydroxylation is 1. The van der Waals surface area contributed by atoms with Crippen LogP contribution in [0.15, 0.2) is 53.4 Å². The van der Waals surface area contributed by atoms with Gasteiger partial charge in [-0.2, -0.15) is 4.31 Å². The van der Waals surface area contributed by atoms with E-state index in [-0.39, 0.29) is 45.9 Å². The molecular weight excluding hydrogens is 443 g/mol. The maximum Gasteiger partial charge on any atom is 0.244 e. The number of hydrogen-bond donors (Lipinski definition) is 1. The van der Waals surface area contributed by atoms with Gasteiger partial charge in [-0.25, -0.2) is 8.42 Å². The summed E-state index contributed by atoms with van der Waals surface area (Å²) in [6, 6.07) is 14.8. The Morgan fingerprint density at radius 1 is 1.10 bits per heavy atom. The Kier molecular flexibility index (Phi) is 7.80. The van der Waals surface area contributed by atoms with Crippen molar-refractivity contribution in [2.45, 2.75) is 43.5 Å². The fourth-order valence-electron chi connectivity index (χ4n) is 3.64. The molecule has 30 heavy (non-hydrogen) atoms. The first kappa shape index (κ1) is 23.1. The molecule has 8 heteroatoms. The number of hydrogen-bond acceptors (Lipinski definition) is 3.